The average molecular weight is 559 g/mol. The molecule has 0 bridgehead atoms. The van der Waals surface area contributed by atoms with Crippen LogP contribution in [0.1, 0.15) is 15.9 Å². The topological polar surface area (TPSA) is 70.3 Å². The summed E-state index contributed by atoms with van der Waals surface area (Å²) >= 11 is 0. The second-order valence-corrected chi connectivity index (χ2v) is 12.0. The number of para-hydroxylation sites is 2. The second-order valence-electron chi connectivity index (χ2n) is 10.2. The van der Waals surface area contributed by atoms with E-state index in [4.69, 9.17) is 4.74 Å². The Hall–Kier alpha value is -4.88. The van der Waals surface area contributed by atoms with Gasteiger partial charge in [0.1, 0.15) is 0 Å². The predicted molar refractivity (Wildman–Crippen MR) is 164 cm³/mol. The molecule has 0 saturated heterocycles. The molecular weight excluding hydrogens is 532 g/mol. The lowest BCUT2D eigenvalue weighted by Crippen LogP contribution is -2.14. The molecule has 2 heterocycles. The van der Waals surface area contributed by atoms with Crippen molar-refractivity contribution < 1.29 is 17.9 Å². The Balaban J connectivity index is 1.85. The van der Waals surface area contributed by atoms with E-state index in [0.29, 0.717) is 32.9 Å². The Bertz CT molecular complexity index is 2280. The predicted octanol–water partition coefficient (Wildman–Crippen LogP) is 7.44. The van der Waals surface area contributed by atoms with E-state index >= 15 is 0 Å². The molecule has 7 aromatic rings. The summed E-state index contributed by atoms with van der Waals surface area (Å²) in [5.74, 6) is -0.528. The van der Waals surface area contributed by atoms with Crippen LogP contribution < -0.4 is 0 Å². The monoisotopic (exact) mass is 558 g/mol. The minimum absolute atomic E-state index is 0.171. The summed E-state index contributed by atoms with van der Waals surface area (Å²) in [4.78, 5) is 14.0. The van der Waals surface area contributed by atoms with Gasteiger partial charge in [-0.2, -0.15) is 0 Å². The highest BCUT2D eigenvalue weighted by Crippen LogP contribution is 2.47. The number of aryl methyl sites for hydroxylation is 2. The van der Waals surface area contributed by atoms with Gasteiger partial charge < -0.3 is 9.30 Å². The van der Waals surface area contributed by atoms with Crippen LogP contribution in [0.15, 0.2) is 108 Å². The zero-order chi connectivity index (χ0) is 28.5. The lowest BCUT2D eigenvalue weighted by Gasteiger charge is -2.16. The lowest BCUT2D eigenvalue weighted by atomic mass is 9.90. The number of rotatable bonds is 4. The number of nitrogens with zero attached hydrogens (tertiary/aromatic N) is 2. The molecule has 0 aliphatic heterocycles. The van der Waals surface area contributed by atoms with Gasteiger partial charge in [0.25, 0.3) is 10.0 Å². The molecule has 5 aromatic carbocycles. The summed E-state index contributed by atoms with van der Waals surface area (Å²) in [6.07, 6.45) is 0. The Morgan fingerprint density at radius 3 is 1.95 bits per heavy atom. The molecule has 0 atom stereocenters. The molecule has 0 fully saturated rings. The Kier molecular flexibility index (Phi) is 5.56. The van der Waals surface area contributed by atoms with Gasteiger partial charge in [0.05, 0.1) is 34.1 Å². The van der Waals surface area contributed by atoms with E-state index in [2.05, 4.69) is 0 Å². The van der Waals surface area contributed by atoms with Gasteiger partial charge in [-0.1, -0.05) is 84.4 Å². The van der Waals surface area contributed by atoms with Gasteiger partial charge in [-0.15, -0.1) is 0 Å². The minimum Gasteiger partial charge on any atom is -0.465 e. The first-order valence-corrected chi connectivity index (χ1v) is 14.7. The highest BCUT2D eigenvalue weighted by Gasteiger charge is 2.33. The molecule has 6 nitrogen and oxygen atoms in total. The zero-order valence-electron chi connectivity index (χ0n) is 22.8. The molecule has 202 valence electrons. The molecule has 0 aliphatic rings. The Labute approximate surface area is 237 Å². The van der Waals surface area contributed by atoms with Gasteiger partial charge in [0, 0.05) is 39.7 Å². The highest BCUT2D eigenvalue weighted by molar-refractivity contribution is 7.90. The van der Waals surface area contributed by atoms with Crippen LogP contribution in [0.5, 0.6) is 0 Å². The zero-order valence-corrected chi connectivity index (χ0v) is 23.6. The fraction of sp³-hybridized carbons (Fsp3) is 0.0882. The van der Waals surface area contributed by atoms with Crippen molar-refractivity contribution in [1.29, 1.82) is 0 Å². The van der Waals surface area contributed by atoms with Crippen molar-refractivity contribution in [2.24, 2.45) is 7.05 Å². The quantitative estimate of drug-likeness (QED) is 0.211. The third-order valence-corrected chi connectivity index (χ3v) is 9.65. The second kappa shape index (κ2) is 9.08. The summed E-state index contributed by atoms with van der Waals surface area (Å²) in [7, 11) is -0.785. The van der Waals surface area contributed by atoms with Gasteiger partial charge in [-0.25, -0.2) is 17.2 Å². The number of esters is 1. The summed E-state index contributed by atoms with van der Waals surface area (Å²) in [5, 5.41) is 2.91. The van der Waals surface area contributed by atoms with Gasteiger partial charge in [-0.05, 0) is 36.8 Å². The number of ether oxygens (including phenoxy) is 1. The maximum atomic E-state index is 14.5. The number of benzene rings is 5. The van der Waals surface area contributed by atoms with Crippen LogP contribution in [0.3, 0.4) is 0 Å². The van der Waals surface area contributed by atoms with Gasteiger partial charge in [0.15, 0.2) is 0 Å². The molecule has 7 heteroatoms. The molecule has 7 rings (SSSR count). The van der Waals surface area contributed by atoms with Crippen molar-refractivity contribution >= 4 is 59.6 Å². The van der Waals surface area contributed by atoms with Gasteiger partial charge in [-0.3, -0.25) is 0 Å². The minimum atomic E-state index is -4.09. The van der Waals surface area contributed by atoms with Crippen LogP contribution in [-0.4, -0.2) is 30.0 Å². The maximum absolute atomic E-state index is 14.5. The molecule has 0 N–H and O–H groups in total. The average Bonchev–Trinajstić information content (AvgIpc) is 3.50. The van der Waals surface area contributed by atoms with Gasteiger partial charge in [0.2, 0.25) is 0 Å². The molecule has 0 amide bonds. The van der Waals surface area contributed by atoms with E-state index in [1.807, 2.05) is 91.3 Å². The summed E-state index contributed by atoms with van der Waals surface area (Å²) in [5.41, 5.74) is 5.44. The van der Waals surface area contributed by atoms with Gasteiger partial charge >= 0.3 is 5.97 Å². The van der Waals surface area contributed by atoms with Crippen LogP contribution in [-0.2, 0) is 21.8 Å². The summed E-state index contributed by atoms with van der Waals surface area (Å²) < 4.78 is 37.9. The number of aromatic nitrogens is 2. The lowest BCUT2D eigenvalue weighted by molar-refractivity contribution is 0.0604. The van der Waals surface area contributed by atoms with Crippen LogP contribution in [0.25, 0.3) is 54.7 Å². The summed E-state index contributed by atoms with van der Waals surface area (Å²) in [6.45, 7) is 1.92. The molecule has 0 aliphatic carbocycles. The third kappa shape index (κ3) is 3.49. The van der Waals surface area contributed by atoms with Crippen molar-refractivity contribution in [2.75, 3.05) is 7.11 Å². The molecule has 0 saturated carbocycles. The van der Waals surface area contributed by atoms with Crippen LogP contribution in [0.2, 0.25) is 0 Å². The maximum Gasteiger partial charge on any atom is 0.339 e. The van der Waals surface area contributed by atoms with E-state index in [-0.39, 0.29) is 4.90 Å². The van der Waals surface area contributed by atoms with Crippen LogP contribution in [0, 0.1) is 6.92 Å². The number of fused-ring (bicyclic) bond motifs is 7. The fourth-order valence-electron chi connectivity index (χ4n) is 6.12. The van der Waals surface area contributed by atoms with E-state index in [0.717, 1.165) is 32.9 Å². The fourth-order valence-corrected chi connectivity index (χ4v) is 7.65. The van der Waals surface area contributed by atoms with Crippen molar-refractivity contribution in [3.63, 3.8) is 0 Å². The molecule has 0 radical (unpaired) electrons. The number of methoxy groups -OCH3 is 1. The molecule has 2 aromatic heterocycles. The van der Waals surface area contributed by atoms with E-state index < -0.39 is 16.0 Å². The largest absolute Gasteiger partial charge is 0.465 e. The van der Waals surface area contributed by atoms with Crippen molar-refractivity contribution in [2.45, 2.75) is 11.8 Å². The first-order valence-electron chi connectivity index (χ1n) is 13.3. The molecule has 41 heavy (non-hydrogen) atoms. The molecule has 0 spiro atoms. The highest BCUT2D eigenvalue weighted by atomic mass is 32.2. The standard InChI is InChI=1S/C34H26N2O4S/c1-21-17-19-23(20-18-21)41(38,39)36-27-16-10-8-14-25(27)30-31(34(37)40-3)28(22-11-5-4-6-12-22)29-24-13-7-9-15-26(24)35(2)32(29)33(30)36/h4-20H,1-3H3. The SMILES string of the molecule is COC(=O)c1c(-c2ccccc2)c2c3ccccc3n(C)c2c2c1c1ccccc1n2S(=O)(=O)c1ccc(C)cc1. The first kappa shape index (κ1) is 25.1. The van der Waals surface area contributed by atoms with Crippen molar-refractivity contribution in [3.05, 3.63) is 114 Å². The summed E-state index contributed by atoms with van der Waals surface area (Å²) in [6, 6.07) is 31.9. The van der Waals surface area contributed by atoms with Crippen molar-refractivity contribution in [1.82, 2.24) is 8.54 Å². The van der Waals surface area contributed by atoms with E-state index in [9.17, 15) is 13.2 Å². The van der Waals surface area contributed by atoms with E-state index in [1.54, 1.807) is 30.3 Å². The number of carbonyl (C=O) groups excluding carboxylic acids is 1. The third-order valence-electron chi connectivity index (χ3n) is 7.92. The normalized spacial score (nSPS) is 12.1. The molecule has 0 unspecified atom stereocenters. The Morgan fingerprint density at radius 2 is 1.29 bits per heavy atom. The smallest absolute Gasteiger partial charge is 0.339 e. The van der Waals surface area contributed by atoms with Crippen molar-refractivity contribution in [3.8, 4) is 11.1 Å². The Morgan fingerprint density at radius 1 is 0.707 bits per heavy atom. The first-order chi connectivity index (χ1) is 19.8. The van der Waals surface area contributed by atoms with Crippen LogP contribution >= 0.6 is 0 Å². The number of hydrogen-bond acceptors (Lipinski definition) is 4. The number of hydrogen-bond donors (Lipinski definition) is 0. The van der Waals surface area contributed by atoms with Crippen LogP contribution in [0.4, 0.5) is 0 Å². The van der Waals surface area contributed by atoms with E-state index in [1.165, 1.54) is 11.1 Å². The number of carbonyl (C=O) groups is 1. The molecular formula is C34H26N2O4S.